The molecule has 1 aliphatic rings. The molecule has 1 heterocycles. The molecule has 1 fully saturated rings. The summed E-state index contributed by atoms with van der Waals surface area (Å²) in [5, 5.41) is 5.61. The van der Waals surface area contributed by atoms with Crippen LogP contribution in [0.5, 0.6) is 0 Å². The predicted octanol–water partition coefficient (Wildman–Crippen LogP) is 3.86. The lowest BCUT2D eigenvalue weighted by molar-refractivity contribution is -0.121. The van der Waals surface area contributed by atoms with Crippen LogP contribution in [0.3, 0.4) is 0 Å². The number of para-hydroxylation sites is 1. The van der Waals surface area contributed by atoms with Gasteiger partial charge in [0.15, 0.2) is 0 Å². The molecule has 0 spiro atoms. The molecule has 7 heteroatoms. The smallest absolute Gasteiger partial charge is 0.253 e. The van der Waals surface area contributed by atoms with Crippen molar-refractivity contribution in [2.45, 2.75) is 12.8 Å². The summed E-state index contributed by atoms with van der Waals surface area (Å²) in [7, 11) is 0. The second-order valence-electron chi connectivity index (χ2n) is 7.11. The van der Waals surface area contributed by atoms with Gasteiger partial charge >= 0.3 is 0 Å². The van der Waals surface area contributed by atoms with E-state index >= 15 is 0 Å². The van der Waals surface area contributed by atoms with Crippen molar-refractivity contribution >= 4 is 39.3 Å². The van der Waals surface area contributed by atoms with Gasteiger partial charge in [0.1, 0.15) is 0 Å². The molecule has 2 aromatic rings. The zero-order chi connectivity index (χ0) is 21.5. The Bertz CT molecular complexity index is 935. The van der Waals surface area contributed by atoms with Crippen molar-refractivity contribution in [1.29, 1.82) is 0 Å². The summed E-state index contributed by atoms with van der Waals surface area (Å²) in [6, 6.07) is 14.2. The molecule has 0 aromatic heterocycles. The lowest BCUT2D eigenvalue weighted by Crippen LogP contribution is -2.41. The van der Waals surface area contributed by atoms with Crippen LogP contribution in [-0.4, -0.2) is 42.3 Å². The van der Waals surface area contributed by atoms with E-state index in [1.807, 2.05) is 12.1 Å². The highest BCUT2D eigenvalue weighted by Crippen LogP contribution is 2.23. The van der Waals surface area contributed by atoms with Crippen LogP contribution in [0.1, 0.15) is 33.6 Å². The molecular formula is C23H24BrN3O3. The molecule has 2 N–H and O–H groups in total. The highest BCUT2D eigenvalue weighted by molar-refractivity contribution is 9.10. The van der Waals surface area contributed by atoms with Crippen LogP contribution in [0, 0.1) is 5.92 Å². The van der Waals surface area contributed by atoms with Gasteiger partial charge in [0.25, 0.3) is 11.8 Å². The van der Waals surface area contributed by atoms with Crippen LogP contribution in [0.2, 0.25) is 0 Å². The SMILES string of the molecule is C=CCNC(=O)c1ccccc1NC(=O)C1CCN(C(=O)c2ccc(Br)cc2)CC1. The van der Waals surface area contributed by atoms with Crippen molar-refractivity contribution in [3.63, 3.8) is 0 Å². The number of piperidine rings is 1. The number of amides is 3. The van der Waals surface area contributed by atoms with Gasteiger partial charge in [-0.05, 0) is 49.2 Å². The first kappa shape index (κ1) is 21.8. The predicted molar refractivity (Wildman–Crippen MR) is 120 cm³/mol. The van der Waals surface area contributed by atoms with Crippen molar-refractivity contribution < 1.29 is 14.4 Å². The van der Waals surface area contributed by atoms with Crippen LogP contribution in [0.25, 0.3) is 0 Å². The van der Waals surface area contributed by atoms with Gasteiger partial charge in [-0.15, -0.1) is 6.58 Å². The zero-order valence-corrected chi connectivity index (χ0v) is 18.2. The number of halogens is 1. The lowest BCUT2D eigenvalue weighted by Gasteiger charge is -2.31. The Morgan fingerprint density at radius 2 is 1.73 bits per heavy atom. The number of nitrogens with one attached hydrogen (secondary N) is 2. The Morgan fingerprint density at radius 1 is 1.07 bits per heavy atom. The lowest BCUT2D eigenvalue weighted by atomic mass is 9.95. The monoisotopic (exact) mass is 469 g/mol. The Hall–Kier alpha value is -2.93. The largest absolute Gasteiger partial charge is 0.349 e. The number of carbonyl (C=O) groups is 3. The van der Waals surface area contributed by atoms with Gasteiger partial charge < -0.3 is 15.5 Å². The Morgan fingerprint density at radius 3 is 2.40 bits per heavy atom. The standard InChI is InChI=1S/C23H24BrN3O3/c1-2-13-25-22(29)19-5-3-4-6-20(19)26-21(28)16-11-14-27(15-12-16)23(30)17-7-9-18(24)10-8-17/h2-10,16H,1,11-15H2,(H,25,29)(H,26,28). The minimum absolute atomic E-state index is 0.0226. The first-order chi connectivity index (χ1) is 14.5. The van der Waals surface area contributed by atoms with E-state index in [0.29, 0.717) is 49.3 Å². The minimum atomic E-state index is -0.263. The summed E-state index contributed by atoms with van der Waals surface area (Å²) >= 11 is 3.37. The summed E-state index contributed by atoms with van der Waals surface area (Å²) in [4.78, 5) is 39.5. The molecule has 30 heavy (non-hydrogen) atoms. The third kappa shape index (κ3) is 5.36. The summed E-state index contributed by atoms with van der Waals surface area (Å²) < 4.78 is 0.924. The van der Waals surface area contributed by atoms with Crippen LogP contribution < -0.4 is 10.6 Å². The fraction of sp³-hybridized carbons (Fsp3) is 0.261. The van der Waals surface area contributed by atoms with Crippen LogP contribution in [0.4, 0.5) is 5.69 Å². The molecule has 3 amide bonds. The van der Waals surface area contributed by atoms with Gasteiger partial charge in [0, 0.05) is 35.6 Å². The Kier molecular flexibility index (Phi) is 7.41. The molecule has 156 valence electrons. The maximum atomic E-state index is 12.8. The highest BCUT2D eigenvalue weighted by atomic mass is 79.9. The van der Waals surface area contributed by atoms with Gasteiger partial charge in [-0.2, -0.15) is 0 Å². The molecule has 0 atom stereocenters. The van der Waals surface area contributed by atoms with E-state index < -0.39 is 0 Å². The third-order valence-corrected chi connectivity index (χ3v) is 5.61. The average molecular weight is 470 g/mol. The van der Waals surface area contributed by atoms with E-state index in [0.717, 1.165) is 4.47 Å². The van der Waals surface area contributed by atoms with Crippen LogP contribution in [0.15, 0.2) is 65.7 Å². The minimum Gasteiger partial charge on any atom is -0.349 e. The molecule has 3 rings (SSSR count). The number of hydrogen-bond acceptors (Lipinski definition) is 3. The molecule has 1 aliphatic heterocycles. The van der Waals surface area contributed by atoms with E-state index in [1.165, 1.54) is 0 Å². The van der Waals surface area contributed by atoms with Crippen molar-refractivity contribution in [2.75, 3.05) is 25.0 Å². The second-order valence-corrected chi connectivity index (χ2v) is 8.02. The van der Waals surface area contributed by atoms with Crippen molar-refractivity contribution in [3.05, 3.63) is 76.8 Å². The van der Waals surface area contributed by atoms with Gasteiger partial charge in [-0.25, -0.2) is 0 Å². The molecular weight excluding hydrogens is 446 g/mol. The van der Waals surface area contributed by atoms with Crippen molar-refractivity contribution in [3.8, 4) is 0 Å². The summed E-state index contributed by atoms with van der Waals surface area (Å²) in [5.74, 6) is -0.621. The number of likely N-dealkylation sites (tertiary alicyclic amines) is 1. The first-order valence-corrected chi connectivity index (χ1v) is 10.6. The van der Waals surface area contributed by atoms with E-state index in [9.17, 15) is 14.4 Å². The number of hydrogen-bond donors (Lipinski definition) is 2. The third-order valence-electron chi connectivity index (χ3n) is 5.08. The molecule has 0 aliphatic carbocycles. The van der Waals surface area contributed by atoms with Crippen LogP contribution >= 0.6 is 15.9 Å². The summed E-state index contributed by atoms with van der Waals surface area (Å²) in [6.45, 7) is 4.98. The number of nitrogens with zero attached hydrogens (tertiary/aromatic N) is 1. The first-order valence-electron chi connectivity index (χ1n) is 9.83. The molecule has 0 radical (unpaired) electrons. The molecule has 6 nitrogen and oxygen atoms in total. The molecule has 2 aromatic carbocycles. The molecule has 0 saturated carbocycles. The van der Waals surface area contributed by atoms with Gasteiger partial charge in [0.2, 0.25) is 5.91 Å². The molecule has 0 bridgehead atoms. The van der Waals surface area contributed by atoms with Gasteiger partial charge in [-0.3, -0.25) is 14.4 Å². The second kappa shape index (κ2) is 10.2. The van der Waals surface area contributed by atoms with E-state index in [1.54, 1.807) is 47.4 Å². The zero-order valence-electron chi connectivity index (χ0n) is 16.6. The van der Waals surface area contributed by atoms with E-state index in [-0.39, 0.29) is 23.6 Å². The fourth-order valence-electron chi connectivity index (χ4n) is 3.40. The number of benzene rings is 2. The summed E-state index contributed by atoms with van der Waals surface area (Å²) in [5.41, 5.74) is 1.54. The van der Waals surface area contributed by atoms with E-state index in [4.69, 9.17) is 0 Å². The maximum absolute atomic E-state index is 12.8. The van der Waals surface area contributed by atoms with Crippen molar-refractivity contribution in [2.24, 2.45) is 5.92 Å². The Balaban J connectivity index is 1.58. The van der Waals surface area contributed by atoms with E-state index in [2.05, 4.69) is 33.1 Å². The van der Waals surface area contributed by atoms with Gasteiger partial charge in [-0.1, -0.05) is 34.1 Å². The Labute approximate surface area is 184 Å². The number of anilines is 1. The maximum Gasteiger partial charge on any atom is 0.253 e. The normalized spacial score (nSPS) is 14.1. The fourth-order valence-corrected chi connectivity index (χ4v) is 3.67. The molecule has 1 saturated heterocycles. The molecule has 0 unspecified atom stereocenters. The average Bonchev–Trinajstić information content (AvgIpc) is 2.78. The van der Waals surface area contributed by atoms with Crippen LogP contribution in [-0.2, 0) is 4.79 Å². The quantitative estimate of drug-likeness (QED) is 0.630. The summed E-state index contributed by atoms with van der Waals surface area (Å²) in [6.07, 6.45) is 2.76. The highest BCUT2D eigenvalue weighted by Gasteiger charge is 2.28. The number of carbonyl (C=O) groups excluding carboxylic acids is 3. The van der Waals surface area contributed by atoms with Crippen molar-refractivity contribution in [1.82, 2.24) is 10.2 Å². The topological polar surface area (TPSA) is 78.5 Å². The van der Waals surface area contributed by atoms with Gasteiger partial charge in [0.05, 0.1) is 11.3 Å². The number of rotatable bonds is 6.